The number of carbonyl (C=O) groups is 2. The first kappa shape index (κ1) is 14.1. The van der Waals surface area contributed by atoms with Crippen LogP contribution in [0.2, 0.25) is 0 Å². The van der Waals surface area contributed by atoms with E-state index in [0.717, 1.165) is 25.0 Å². The van der Waals surface area contributed by atoms with Crippen LogP contribution >= 0.6 is 0 Å². The van der Waals surface area contributed by atoms with Gasteiger partial charge in [-0.25, -0.2) is 0 Å². The summed E-state index contributed by atoms with van der Waals surface area (Å²) in [6, 6.07) is -0.0626. The van der Waals surface area contributed by atoms with Crippen LogP contribution in [0.15, 0.2) is 11.8 Å². The largest absolute Gasteiger partial charge is 0.481 e. The minimum absolute atomic E-state index is 0.0611. The van der Waals surface area contributed by atoms with Crippen molar-refractivity contribution in [2.45, 2.75) is 38.6 Å². The number of likely N-dealkylation sites (N-methyl/N-ethyl adjacent to an activating group) is 1. The summed E-state index contributed by atoms with van der Waals surface area (Å²) in [5.74, 6) is -1.04. The second-order valence-corrected chi connectivity index (χ2v) is 5.48. The van der Waals surface area contributed by atoms with Gasteiger partial charge in [0.1, 0.15) is 0 Å². The zero-order chi connectivity index (χ0) is 14.0. The predicted octanol–water partition coefficient (Wildman–Crippen LogP) is 1.31. The smallest absolute Gasteiger partial charge is 0.308 e. The van der Waals surface area contributed by atoms with Crippen molar-refractivity contribution in [3.63, 3.8) is 0 Å². The molecule has 0 aromatic carbocycles. The summed E-state index contributed by atoms with van der Waals surface area (Å²) >= 11 is 0. The topological polar surface area (TPSA) is 60.9 Å². The molecule has 0 aromatic heterocycles. The molecule has 2 aliphatic rings. The molecule has 1 fully saturated rings. The molecule has 1 aliphatic carbocycles. The fourth-order valence-corrected chi connectivity index (χ4v) is 2.96. The Labute approximate surface area is 113 Å². The van der Waals surface area contributed by atoms with Crippen molar-refractivity contribution in [1.82, 2.24) is 9.80 Å². The van der Waals surface area contributed by atoms with Crippen LogP contribution in [0, 0.1) is 5.92 Å². The van der Waals surface area contributed by atoms with Crippen molar-refractivity contribution < 1.29 is 14.7 Å². The highest BCUT2D eigenvalue weighted by atomic mass is 16.4. The zero-order valence-corrected chi connectivity index (χ0v) is 11.6. The molecule has 2 rings (SSSR count). The second-order valence-electron chi connectivity index (χ2n) is 5.48. The Morgan fingerprint density at radius 2 is 2.26 bits per heavy atom. The molecule has 0 saturated carbocycles. The molecule has 2 atom stereocenters. The third kappa shape index (κ3) is 2.97. The maximum atomic E-state index is 12.2. The van der Waals surface area contributed by atoms with Gasteiger partial charge in [-0.2, -0.15) is 0 Å². The lowest BCUT2D eigenvalue weighted by molar-refractivity contribution is -0.142. The molecule has 0 aromatic rings. The molecule has 1 heterocycles. The summed E-state index contributed by atoms with van der Waals surface area (Å²) in [6.45, 7) is 2.91. The maximum Gasteiger partial charge on any atom is 0.308 e. The van der Waals surface area contributed by atoms with E-state index in [4.69, 9.17) is 5.11 Å². The van der Waals surface area contributed by atoms with Gasteiger partial charge in [0.2, 0.25) is 5.91 Å². The number of amides is 1. The van der Waals surface area contributed by atoms with Gasteiger partial charge in [0.15, 0.2) is 0 Å². The van der Waals surface area contributed by atoms with Gasteiger partial charge in [0.25, 0.3) is 0 Å². The number of hydrogen-bond donors (Lipinski definition) is 1. The number of likely N-dealkylation sites (tertiary alicyclic amines) is 1. The molecule has 106 valence electrons. The SMILES string of the molecule is CC1C(C(=O)O)CCN1CC(=O)N(C)C1=CCCC1. The van der Waals surface area contributed by atoms with Crippen LogP contribution in [0.25, 0.3) is 0 Å². The van der Waals surface area contributed by atoms with E-state index < -0.39 is 5.97 Å². The molecule has 0 bridgehead atoms. The van der Waals surface area contributed by atoms with Crippen LogP contribution in [0.5, 0.6) is 0 Å². The number of carboxylic acids is 1. The first-order chi connectivity index (χ1) is 9.00. The summed E-state index contributed by atoms with van der Waals surface area (Å²) < 4.78 is 0. The van der Waals surface area contributed by atoms with Crippen LogP contribution in [0.1, 0.15) is 32.6 Å². The van der Waals surface area contributed by atoms with Crippen molar-refractivity contribution in [1.29, 1.82) is 0 Å². The average molecular weight is 266 g/mol. The van der Waals surface area contributed by atoms with Crippen LogP contribution in [0.4, 0.5) is 0 Å². The lowest BCUT2D eigenvalue weighted by Gasteiger charge is -2.26. The maximum absolute atomic E-state index is 12.2. The molecule has 0 radical (unpaired) electrons. The first-order valence-corrected chi connectivity index (χ1v) is 6.93. The second kappa shape index (κ2) is 5.74. The van der Waals surface area contributed by atoms with E-state index in [2.05, 4.69) is 6.08 Å². The molecule has 2 unspecified atom stereocenters. The predicted molar refractivity (Wildman–Crippen MR) is 71.5 cm³/mol. The van der Waals surface area contributed by atoms with Gasteiger partial charge < -0.3 is 10.0 Å². The third-order valence-corrected chi connectivity index (χ3v) is 4.36. The Morgan fingerprint density at radius 1 is 1.53 bits per heavy atom. The number of nitrogens with zero attached hydrogens (tertiary/aromatic N) is 2. The molecule has 5 heteroatoms. The molecule has 1 aliphatic heterocycles. The summed E-state index contributed by atoms with van der Waals surface area (Å²) in [5.41, 5.74) is 1.10. The monoisotopic (exact) mass is 266 g/mol. The molecular formula is C14H22N2O3. The molecule has 19 heavy (non-hydrogen) atoms. The summed E-state index contributed by atoms with van der Waals surface area (Å²) in [5, 5.41) is 9.09. The summed E-state index contributed by atoms with van der Waals surface area (Å²) in [7, 11) is 1.81. The van der Waals surface area contributed by atoms with Crippen LogP contribution < -0.4 is 0 Å². The van der Waals surface area contributed by atoms with Gasteiger partial charge >= 0.3 is 5.97 Å². The fraction of sp³-hybridized carbons (Fsp3) is 0.714. The van der Waals surface area contributed by atoms with Gasteiger partial charge in [0.05, 0.1) is 12.5 Å². The van der Waals surface area contributed by atoms with E-state index in [0.29, 0.717) is 19.5 Å². The summed E-state index contributed by atoms with van der Waals surface area (Å²) in [4.78, 5) is 27.0. The lowest BCUT2D eigenvalue weighted by atomic mass is 10.0. The lowest BCUT2D eigenvalue weighted by Crippen LogP contribution is -2.41. The van der Waals surface area contributed by atoms with Gasteiger partial charge in [-0.05, 0) is 39.2 Å². The van der Waals surface area contributed by atoms with E-state index in [1.54, 1.807) is 4.90 Å². The van der Waals surface area contributed by atoms with Crippen molar-refractivity contribution in [3.8, 4) is 0 Å². The van der Waals surface area contributed by atoms with Crippen molar-refractivity contribution in [2.75, 3.05) is 20.1 Å². The van der Waals surface area contributed by atoms with Gasteiger partial charge in [-0.1, -0.05) is 6.08 Å². The highest BCUT2D eigenvalue weighted by Gasteiger charge is 2.36. The molecule has 1 saturated heterocycles. The molecule has 5 nitrogen and oxygen atoms in total. The standard InChI is InChI=1S/C14H22N2O3/c1-10-12(14(18)19)7-8-16(10)9-13(17)15(2)11-5-3-4-6-11/h5,10,12H,3-4,6-9H2,1-2H3,(H,18,19). The minimum atomic E-state index is -0.755. The first-order valence-electron chi connectivity index (χ1n) is 6.93. The average Bonchev–Trinajstić information content (AvgIpc) is 2.99. The fourth-order valence-electron chi connectivity index (χ4n) is 2.96. The number of hydrogen-bond acceptors (Lipinski definition) is 3. The van der Waals surface area contributed by atoms with E-state index in [9.17, 15) is 9.59 Å². The Morgan fingerprint density at radius 3 is 2.79 bits per heavy atom. The van der Waals surface area contributed by atoms with E-state index in [-0.39, 0.29) is 17.9 Å². The Bertz CT molecular complexity index is 405. The number of aliphatic carboxylic acids is 1. The molecule has 0 spiro atoms. The highest BCUT2D eigenvalue weighted by Crippen LogP contribution is 2.25. The number of rotatable bonds is 4. The Balaban J connectivity index is 1.91. The number of allylic oxidation sites excluding steroid dienone is 2. The van der Waals surface area contributed by atoms with Crippen molar-refractivity contribution in [3.05, 3.63) is 11.8 Å². The zero-order valence-electron chi connectivity index (χ0n) is 11.6. The minimum Gasteiger partial charge on any atom is -0.481 e. The molecule has 1 N–H and O–H groups in total. The van der Waals surface area contributed by atoms with Gasteiger partial charge in [-0.15, -0.1) is 0 Å². The van der Waals surface area contributed by atoms with Crippen molar-refractivity contribution >= 4 is 11.9 Å². The molecular weight excluding hydrogens is 244 g/mol. The van der Waals surface area contributed by atoms with Gasteiger partial charge in [0, 0.05) is 18.8 Å². The van der Waals surface area contributed by atoms with E-state index >= 15 is 0 Å². The highest BCUT2D eigenvalue weighted by molar-refractivity contribution is 5.80. The van der Waals surface area contributed by atoms with Gasteiger partial charge in [-0.3, -0.25) is 14.5 Å². The van der Waals surface area contributed by atoms with Crippen LogP contribution in [-0.4, -0.2) is 53.0 Å². The summed E-state index contributed by atoms with van der Waals surface area (Å²) in [6.07, 6.45) is 5.89. The number of carbonyl (C=O) groups excluding carboxylic acids is 1. The normalized spacial score (nSPS) is 27.4. The molecule has 1 amide bonds. The van der Waals surface area contributed by atoms with Crippen LogP contribution in [-0.2, 0) is 9.59 Å². The number of carboxylic acid groups (broad SMARTS) is 1. The van der Waals surface area contributed by atoms with E-state index in [1.807, 2.05) is 18.9 Å². The third-order valence-electron chi connectivity index (χ3n) is 4.36. The van der Waals surface area contributed by atoms with Crippen LogP contribution in [0.3, 0.4) is 0 Å². The quantitative estimate of drug-likeness (QED) is 0.833. The Hall–Kier alpha value is -1.36. The van der Waals surface area contributed by atoms with Crippen molar-refractivity contribution in [2.24, 2.45) is 5.92 Å². The Kier molecular flexibility index (Phi) is 4.24. The van der Waals surface area contributed by atoms with E-state index in [1.165, 1.54) is 0 Å².